The molecule has 3 aliphatic rings. The molecule has 1 fully saturated rings. The van der Waals surface area contributed by atoms with Crippen LogP contribution in [-0.4, -0.2) is 37.6 Å². The quantitative estimate of drug-likeness (QED) is 0.616. The molecular weight excluding hydrogens is 370 g/mol. The van der Waals surface area contributed by atoms with Crippen LogP contribution in [-0.2, 0) is 0 Å². The number of amides is 1. The van der Waals surface area contributed by atoms with E-state index in [1.54, 1.807) is 6.92 Å². The van der Waals surface area contributed by atoms with Gasteiger partial charge in [0.25, 0.3) is 5.91 Å². The van der Waals surface area contributed by atoms with Crippen molar-refractivity contribution in [3.63, 3.8) is 0 Å². The Balaban J connectivity index is 1.63. The maximum atomic E-state index is 14.5. The first-order chi connectivity index (χ1) is 13.5. The first-order valence-electron chi connectivity index (χ1n) is 8.91. The average molecular weight is 386 g/mol. The van der Waals surface area contributed by atoms with E-state index in [0.717, 1.165) is 12.4 Å². The van der Waals surface area contributed by atoms with Crippen LogP contribution in [0.5, 0.6) is 5.88 Å². The average Bonchev–Trinajstić information content (AvgIpc) is 3.03. The number of rotatable bonds is 0. The van der Waals surface area contributed by atoms with Gasteiger partial charge in [-0.05, 0) is 13.0 Å². The molecule has 5 heterocycles. The Labute approximate surface area is 157 Å². The summed E-state index contributed by atoms with van der Waals surface area (Å²) in [4.78, 5) is 20.9. The van der Waals surface area contributed by atoms with Gasteiger partial charge >= 0.3 is 0 Å². The molecule has 2 aliphatic heterocycles. The lowest BCUT2D eigenvalue weighted by molar-refractivity contribution is 0.0671. The summed E-state index contributed by atoms with van der Waals surface area (Å²) in [5, 5.41) is 9.83. The normalized spacial score (nSPS) is 23.8. The molecule has 0 saturated heterocycles. The second-order valence-electron chi connectivity index (χ2n) is 7.06. The molecule has 28 heavy (non-hydrogen) atoms. The Morgan fingerprint density at radius 1 is 1.25 bits per heavy atom. The molecular formula is C18H16F2N6O2. The number of carbonyl (C=O) groups excluding carboxylic acids is 1. The van der Waals surface area contributed by atoms with Gasteiger partial charge in [0.2, 0.25) is 5.88 Å². The second kappa shape index (κ2) is 6.11. The zero-order valence-electron chi connectivity index (χ0n) is 14.8. The number of halogens is 2. The molecule has 6 rings (SSSR count). The molecule has 3 aromatic heterocycles. The van der Waals surface area contributed by atoms with E-state index in [1.165, 1.54) is 16.8 Å². The van der Waals surface area contributed by atoms with Crippen LogP contribution in [0.25, 0.3) is 5.65 Å². The maximum absolute atomic E-state index is 14.5. The fourth-order valence-corrected chi connectivity index (χ4v) is 3.49. The number of hydrogen-bond donors (Lipinski definition) is 2. The molecule has 2 N–H and O–H groups in total. The zero-order valence-corrected chi connectivity index (χ0v) is 14.8. The van der Waals surface area contributed by atoms with Crippen LogP contribution in [0.3, 0.4) is 0 Å². The van der Waals surface area contributed by atoms with E-state index in [0.29, 0.717) is 18.4 Å². The number of anilines is 1. The molecule has 144 valence electrons. The monoisotopic (exact) mass is 386 g/mol. The molecule has 8 nitrogen and oxygen atoms in total. The fourth-order valence-electron chi connectivity index (χ4n) is 3.49. The number of fused-ring (bicyclic) bond motifs is 2. The predicted octanol–water partition coefficient (Wildman–Crippen LogP) is 2.23. The van der Waals surface area contributed by atoms with Crippen LogP contribution in [0.1, 0.15) is 41.7 Å². The van der Waals surface area contributed by atoms with Gasteiger partial charge in [-0.15, -0.1) is 0 Å². The first-order valence-corrected chi connectivity index (χ1v) is 8.91. The summed E-state index contributed by atoms with van der Waals surface area (Å²) < 4.78 is 35.4. The van der Waals surface area contributed by atoms with Crippen molar-refractivity contribution in [2.45, 2.75) is 38.0 Å². The molecule has 0 radical (unpaired) electrons. The minimum Gasteiger partial charge on any atom is -0.474 e. The van der Waals surface area contributed by atoms with Gasteiger partial charge in [-0.1, -0.05) is 0 Å². The summed E-state index contributed by atoms with van der Waals surface area (Å²) in [6, 6.07) is 0.709. The van der Waals surface area contributed by atoms with E-state index < -0.39 is 17.7 Å². The van der Waals surface area contributed by atoms with Crippen LogP contribution < -0.4 is 15.4 Å². The van der Waals surface area contributed by atoms with Gasteiger partial charge in [-0.2, -0.15) is 5.10 Å². The van der Waals surface area contributed by atoms with Crippen molar-refractivity contribution in [1.29, 1.82) is 0 Å². The Morgan fingerprint density at radius 2 is 2.07 bits per heavy atom. The second-order valence-corrected chi connectivity index (χ2v) is 7.06. The third-order valence-corrected chi connectivity index (χ3v) is 5.07. The van der Waals surface area contributed by atoms with E-state index in [4.69, 9.17) is 4.74 Å². The number of aromatic nitrogens is 4. The number of ether oxygens (including phenoxy) is 1. The SMILES string of the molecule is CC1Nc2nc3c(cnn3cc2F)C(=O)N[C@H]2C[C@H](C2)Oc2ncc(F)cc21. The first kappa shape index (κ1) is 16.8. The topological polar surface area (TPSA) is 93.4 Å². The molecule has 1 amide bonds. The molecule has 1 aliphatic carbocycles. The molecule has 1 unspecified atom stereocenters. The third kappa shape index (κ3) is 2.72. The van der Waals surface area contributed by atoms with Gasteiger partial charge in [0.15, 0.2) is 17.3 Å². The number of hydrogen-bond acceptors (Lipinski definition) is 6. The van der Waals surface area contributed by atoms with Crippen LogP contribution in [0.4, 0.5) is 14.6 Å². The van der Waals surface area contributed by atoms with Gasteiger partial charge in [-0.3, -0.25) is 4.79 Å². The van der Waals surface area contributed by atoms with E-state index in [1.807, 2.05) is 0 Å². The Morgan fingerprint density at radius 3 is 2.89 bits per heavy atom. The highest BCUT2D eigenvalue weighted by Crippen LogP contribution is 2.32. The minimum absolute atomic E-state index is 0.0604. The lowest BCUT2D eigenvalue weighted by Crippen LogP contribution is -2.49. The Kier molecular flexibility index (Phi) is 3.68. The number of nitrogens with one attached hydrogen (secondary N) is 2. The summed E-state index contributed by atoms with van der Waals surface area (Å²) >= 11 is 0. The molecule has 0 aromatic carbocycles. The lowest BCUT2D eigenvalue weighted by atomic mass is 9.89. The molecule has 1 saturated carbocycles. The Hall–Kier alpha value is -3.30. The van der Waals surface area contributed by atoms with Crippen molar-refractivity contribution in [3.8, 4) is 5.88 Å². The van der Waals surface area contributed by atoms with Gasteiger partial charge in [0.05, 0.1) is 24.6 Å². The van der Waals surface area contributed by atoms with E-state index >= 15 is 0 Å². The standard InChI is InChI=1S/C18H16F2N6O2/c1-8-12-2-9(19)5-21-18(12)28-11-3-10(4-11)24-17(27)13-6-22-26-7-14(20)15(23-8)25-16(13)26/h2,5-8,10-11H,3-4H2,1H3,(H,23,25)(H,24,27)/t8?,10-,11+. The largest absolute Gasteiger partial charge is 0.474 e. The fraction of sp³-hybridized carbons (Fsp3) is 0.333. The van der Waals surface area contributed by atoms with Gasteiger partial charge in [0.1, 0.15) is 17.5 Å². The van der Waals surface area contributed by atoms with Crippen molar-refractivity contribution in [1.82, 2.24) is 24.9 Å². The number of pyridine rings is 1. The zero-order chi connectivity index (χ0) is 19.4. The van der Waals surface area contributed by atoms with Crippen molar-refractivity contribution < 1.29 is 18.3 Å². The third-order valence-electron chi connectivity index (χ3n) is 5.07. The van der Waals surface area contributed by atoms with Crippen molar-refractivity contribution in [2.24, 2.45) is 0 Å². The predicted molar refractivity (Wildman–Crippen MR) is 94.1 cm³/mol. The smallest absolute Gasteiger partial charge is 0.256 e. The van der Waals surface area contributed by atoms with Gasteiger partial charge in [-0.25, -0.2) is 23.3 Å². The van der Waals surface area contributed by atoms with Gasteiger partial charge < -0.3 is 15.4 Å². The molecule has 3 aromatic rings. The summed E-state index contributed by atoms with van der Waals surface area (Å²) in [5.74, 6) is -1.30. The molecule has 10 heteroatoms. The molecule has 0 spiro atoms. The lowest BCUT2D eigenvalue weighted by Gasteiger charge is -2.36. The van der Waals surface area contributed by atoms with Crippen LogP contribution in [0, 0.1) is 11.6 Å². The maximum Gasteiger partial charge on any atom is 0.256 e. The highest BCUT2D eigenvalue weighted by Gasteiger charge is 2.34. The van der Waals surface area contributed by atoms with Crippen molar-refractivity contribution >= 4 is 17.4 Å². The van der Waals surface area contributed by atoms with E-state index in [2.05, 4.69) is 25.7 Å². The highest BCUT2D eigenvalue weighted by atomic mass is 19.1. The number of nitrogens with zero attached hydrogens (tertiary/aromatic N) is 4. The Bertz CT molecular complexity index is 1100. The van der Waals surface area contributed by atoms with Crippen molar-refractivity contribution in [2.75, 3.05) is 5.32 Å². The summed E-state index contributed by atoms with van der Waals surface area (Å²) in [6.45, 7) is 1.73. The highest BCUT2D eigenvalue weighted by molar-refractivity contribution is 6.00. The van der Waals surface area contributed by atoms with E-state index in [9.17, 15) is 13.6 Å². The molecule has 4 bridgehead atoms. The number of carbonyl (C=O) groups is 1. The minimum atomic E-state index is -0.656. The van der Waals surface area contributed by atoms with E-state index in [-0.39, 0.29) is 41.0 Å². The van der Waals surface area contributed by atoms with Crippen LogP contribution >= 0.6 is 0 Å². The summed E-state index contributed by atoms with van der Waals surface area (Å²) in [5.41, 5.74) is 0.944. The van der Waals surface area contributed by atoms with Crippen LogP contribution in [0.15, 0.2) is 24.7 Å². The van der Waals surface area contributed by atoms with Crippen molar-refractivity contribution in [3.05, 3.63) is 47.4 Å². The molecule has 1 atom stereocenters. The van der Waals surface area contributed by atoms with Crippen LogP contribution in [0.2, 0.25) is 0 Å². The summed E-state index contributed by atoms with van der Waals surface area (Å²) in [7, 11) is 0. The summed E-state index contributed by atoms with van der Waals surface area (Å²) in [6.07, 6.45) is 4.66. The van der Waals surface area contributed by atoms with Gasteiger partial charge in [0, 0.05) is 24.4 Å².